The molecule has 2 amide bonds. The molecule has 1 atom stereocenters. The van der Waals surface area contributed by atoms with Crippen LogP contribution in [0.1, 0.15) is 13.8 Å². The van der Waals surface area contributed by atoms with Gasteiger partial charge in [0.2, 0.25) is 0 Å². The number of piperazine rings is 1. The number of fused-ring (bicyclic) bond motifs is 1. The Morgan fingerprint density at radius 2 is 2.27 bits per heavy atom. The average Bonchev–Trinajstić information content (AvgIpc) is 2.44. The highest BCUT2D eigenvalue weighted by atomic mass is 35.5. The van der Waals surface area contributed by atoms with Crippen LogP contribution in [0.2, 0.25) is 0 Å². The molecule has 2 rings (SSSR count). The summed E-state index contributed by atoms with van der Waals surface area (Å²) in [5.41, 5.74) is 0. The zero-order valence-electron chi connectivity index (χ0n) is 9.40. The van der Waals surface area contributed by atoms with Gasteiger partial charge in [-0.15, -0.1) is 12.4 Å². The van der Waals surface area contributed by atoms with Crippen molar-refractivity contribution in [2.45, 2.75) is 19.9 Å². The first-order chi connectivity index (χ1) is 6.68. The summed E-state index contributed by atoms with van der Waals surface area (Å²) in [4.78, 5) is 15.9. The van der Waals surface area contributed by atoms with Gasteiger partial charge >= 0.3 is 6.03 Å². The van der Waals surface area contributed by atoms with Crippen LogP contribution in [0.15, 0.2) is 0 Å². The van der Waals surface area contributed by atoms with Gasteiger partial charge in [-0.3, -0.25) is 0 Å². The van der Waals surface area contributed by atoms with Gasteiger partial charge in [0.25, 0.3) is 0 Å². The second-order valence-corrected chi connectivity index (χ2v) is 4.63. The van der Waals surface area contributed by atoms with Crippen LogP contribution in [-0.2, 0) is 0 Å². The number of urea groups is 1. The first kappa shape index (κ1) is 12.6. The molecule has 0 aliphatic carbocycles. The van der Waals surface area contributed by atoms with Gasteiger partial charge in [-0.2, -0.15) is 0 Å². The normalized spacial score (nSPS) is 25.5. The number of halogens is 1. The summed E-state index contributed by atoms with van der Waals surface area (Å²) < 4.78 is 0. The lowest BCUT2D eigenvalue weighted by molar-refractivity contribution is 0.177. The third-order valence-corrected chi connectivity index (χ3v) is 2.88. The molecule has 0 saturated carbocycles. The first-order valence-corrected chi connectivity index (χ1v) is 5.44. The van der Waals surface area contributed by atoms with Crippen LogP contribution < -0.4 is 5.32 Å². The monoisotopic (exact) mass is 233 g/mol. The Labute approximate surface area is 97.4 Å². The van der Waals surface area contributed by atoms with Crippen molar-refractivity contribution < 1.29 is 4.79 Å². The van der Waals surface area contributed by atoms with Crippen molar-refractivity contribution in [3.05, 3.63) is 0 Å². The third kappa shape index (κ3) is 2.55. The summed E-state index contributed by atoms with van der Waals surface area (Å²) in [6, 6.07) is 0.653. The zero-order valence-corrected chi connectivity index (χ0v) is 10.2. The van der Waals surface area contributed by atoms with E-state index in [1.807, 2.05) is 9.80 Å². The van der Waals surface area contributed by atoms with Crippen LogP contribution in [0.25, 0.3) is 0 Å². The fraction of sp³-hybridized carbons (Fsp3) is 0.900. The summed E-state index contributed by atoms with van der Waals surface area (Å²) in [6.07, 6.45) is 0. The number of carbonyl (C=O) groups excluding carboxylic acids is 1. The fourth-order valence-corrected chi connectivity index (χ4v) is 2.28. The van der Waals surface area contributed by atoms with Crippen LogP contribution in [0.3, 0.4) is 0 Å². The van der Waals surface area contributed by atoms with E-state index in [0.717, 1.165) is 32.7 Å². The van der Waals surface area contributed by atoms with Gasteiger partial charge in [-0.05, 0) is 5.92 Å². The number of nitrogens with zero attached hydrogens (tertiary/aromatic N) is 2. The Balaban J connectivity index is 0.00000112. The Morgan fingerprint density at radius 3 is 2.87 bits per heavy atom. The van der Waals surface area contributed by atoms with Crippen LogP contribution in [0.4, 0.5) is 4.79 Å². The van der Waals surface area contributed by atoms with E-state index in [9.17, 15) is 4.79 Å². The molecule has 0 aromatic heterocycles. The van der Waals surface area contributed by atoms with E-state index in [4.69, 9.17) is 0 Å². The van der Waals surface area contributed by atoms with Gasteiger partial charge in [0.05, 0.1) is 6.04 Å². The Hall–Kier alpha value is -0.480. The Bertz CT molecular complexity index is 235. The minimum atomic E-state index is 0. The third-order valence-electron chi connectivity index (χ3n) is 2.88. The number of carbonyl (C=O) groups is 1. The van der Waals surface area contributed by atoms with E-state index >= 15 is 0 Å². The molecule has 1 unspecified atom stereocenters. The topological polar surface area (TPSA) is 35.6 Å². The van der Waals surface area contributed by atoms with E-state index in [0.29, 0.717) is 12.0 Å². The molecule has 5 heteroatoms. The lowest BCUT2D eigenvalue weighted by atomic mass is 10.2. The van der Waals surface area contributed by atoms with Crippen molar-refractivity contribution >= 4 is 18.4 Å². The second kappa shape index (κ2) is 5.03. The van der Waals surface area contributed by atoms with Gasteiger partial charge in [0, 0.05) is 32.7 Å². The number of hydrogen-bond acceptors (Lipinski definition) is 2. The van der Waals surface area contributed by atoms with Gasteiger partial charge in [-0.1, -0.05) is 13.8 Å². The predicted octanol–water partition coefficient (Wildman–Crippen LogP) is 0.774. The number of hydrogen-bond donors (Lipinski definition) is 1. The average molecular weight is 234 g/mol. The first-order valence-electron chi connectivity index (χ1n) is 5.44. The van der Waals surface area contributed by atoms with Crippen LogP contribution in [-0.4, -0.2) is 54.6 Å². The molecule has 0 aromatic rings. The molecule has 2 saturated heterocycles. The molecule has 2 aliphatic heterocycles. The quantitative estimate of drug-likeness (QED) is 0.765. The molecular weight excluding hydrogens is 214 g/mol. The van der Waals surface area contributed by atoms with Crippen molar-refractivity contribution in [3.8, 4) is 0 Å². The number of rotatable bonds is 2. The molecule has 4 nitrogen and oxygen atoms in total. The van der Waals surface area contributed by atoms with Gasteiger partial charge < -0.3 is 15.1 Å². The maximum Gasteiger partial charge on any atom is 0.320 e. The van der Waals surface area contributed by atoms with E-state index in [1.165, 1.54) is 0 Å². The molecule has 88 valence electrons. The van der Waals surface area contributed by atoms with Crippen LogP contribution in [0.5, 0.6) is 0 Å². The highest BCUT2D eigenvalue weighted by Gasteiger charge is 2.38. The van der Waals surface area contributed by atoms with E-state index in [-0.39, 0.29) is 18.4 Å². The van der Waals surface area contributed by atoms with Gasteiger partial charge in [0.1, 0.15) is 0 Å². The fourth-order valence-electron chi connectivity index (χ4n) is 2.28. The molecule has 2 aliphatic rings. The minimum absolute atomic E-state index is 0. The largest absolute Gasteiger partial charge is 0.322 e. The predicted molar refractivity (Wildman–Crippen MR) is 62.4 cm³/mol. The summed E-state index contributed by atoms with van der Waals surface area (Å²) in [5.74, 6) is 0.563. The maximum absolute atomic E-state index is 11.9. The van der Waals surface area contributed by atoms with Crippen molar-refractivity contribution in [3.63, 3.8) is 0 Å². The van der Waals surface area contributed by atoms with Crippen molar-refractivity contribution in [1.82, 2.24) is 15.1 Å². The summed E-state index contributed by atoms with van der Waals surface area (Å²) in [6.45, 7) is 8.89. The van der Waals surface area contributed by atoms with E-state index in [2.05, 4.69) is 19.2 Å². The van der Waals surface area contributed by atoms with Crippen molar-refractivity contribution in [2.75, 3.05) is 32.7 Å². The zero-order chi connectivity index (χ0) is 10.1. The lowest BCUT2D eigenvalue weighted by Crippen LogP contribution is -2.49. The lowest BCUT2D eigenvalue weighted by Gasteiger charge is -2.28. The molecule has 2 fully saturated rings. The summed E-state index contributed by atoms with van der Waals surface area (Å²) >= 11 is 0. The smallest absolute Gasteiger partial charge is 0.320 e. The maximum atomic E-state index is 11.9. The standard InChI is InChI=1S/C10H19N3O.ClH/c1-8(2)6-12-7-9-5-11-3-4-13(9)10(12)14;/h8-9,11H,3-7H2,1-2H3;1H. The summed E-state index contributed by atoms with van der Waals surface area (Å²) in [7, 11) is 0. The second-order valence-electron chi connectivity index (χ2n) is 4.63. The highest BCUT2D eigenvalue weighted by Crippen LogP contribution is 2.18. The molecule has 1 N–H and O–H groups in total. The molecule has 0 radical (unpaired) electrons. The van der Waals surface area contributed by atoms with Crippen LogP contribution >= 0.6 is 12.4 Å². The molecule has 2 heterocycles. The van der Waals surface area contributed by atoms with Crippen molar-refractivity contribution in [1.29, 1.82) is 0 Å². The molecule has 0 bridgehead atoms. The Morgan fingerprint density at radius 1 is 1.53 bits per heavy atom. The van der Waals surface area contributed by atoms with Gasteiger partial charge in [0.15, 0.2) is 0 Å². The molecule has 0 spiro atoms. The Kier molecular flexibility index (Phi) is 4.22. The van der Waals surface area contributed by atoms with Gasteiger partial charge in [-0.25, -0.2) is 4.79 Å². The van der Waals surface area contributed by atoms with E-state index < -0.39 is 0 Å². The minimum Gasteiger partial charge on any atom is -0.322 e. The summed E-state index contributed by atoms with van der Waals surface area (Å²) in [5, 5.41) is 3.33. The van der Waals surface area contributed by atoms with Crippen LogP contribution in [0, 0.1) is 5.92 Å². The van der Waals surface area contributed by atoms with Crippen molar-refractivity contribution in [2.24, 2.45) is 5.92 Å². The molecule has 0 aromatic carbocycles. The molecular formula is C10H20ClN3O. The highest BCUT2D eigenvalue weighted by molar-refractivity contribution is 5.85. The number of amides is 2. The van der Waals surface area contributed by atoms with E-state index in [1.54, 1.807) is 0 Å². The number of nitrogens with one attached hydrogen (secondary N) is 1. The molecule has 15 heavy (non-hydrogen) atoms. The SMILES string of the molecule is CC(C)CN1CC2CNCCN2C1=O.Cl.